The molecule has 0 aliphatic rings. The van der Waals surface area contributed by atoms with E-state index in [-0.39, 0.29) is 0 Å². The van der Waals surface area contributed by atoms with Gasteiger partial charge >= 0.3 is 0 Å². The van der Waals surface area contributed by atoms with Crippen molar-refractivity contribution < 1.29 is 0 Å². The van der Waals surface area contributed by atoms with Gasteiger partial charge in [0.2, 0.25) is 0 Å². The van der Waals surface area contributed by atoms with Crippen molar-refractivity contribution >= 4 is 21.8 Å². The van der Waals surface area contributed by atoms with Crippen molar-refractivity contribution in [3.05, 3.63) is 66.4 Å². The van der Waals surface area contributed by atoms with Crippen LogP contribution in [0.4, 0.5) is 0 Å². The Kier molecular flexibility index (Phi) is 3.92. The third kappa shape index (κ3) is 2.27. The van der Waals surface area contributed by atoms with Gasteiger partial charge in [-0.1, -0.05) is 56.3 Å². The third-order valence-electron chi connectivity index (χ3n) is 3.83. The molecule has 0 saturated heterocycles. The third-order valence-corrected chi connectivity index (χ3v) is 3.83. The van der Waals surface area contributed by atoms with Crippen molar-refractivity contribution in [2.75, 3.05) is 0 Å². The summed E-state index contributed by atoms with van der Waals surface area (Å²) < 4.78 is 0. The van der Waals surface area contributed by atoms with Gasteiger partial charge in [0.05, 0.1) is 11.2 Å². The number of hydrogen-bond acceptors (Lipinski definition) is 1. The SMILES string of the molecule is CC.Cc1ccccc1-c1nccc2c1[nH]c1ccccc12. The first-order valence-corrected chi connectivity index (χ1v) is 7.76. The number of aromatic amines is 1. The summed E-state index contributed by atoms with van der Waals surface area (Å²) in [6.07, 6.45) is 1.89. The maximum Gasteiger partial charge on any atom is 0.0945 e. The summed E-state index contributed by atoms with van der Waals surface area (Å²) in [5.41, 5.74) is 5.72. The van der Waals surface area contributed by atoms with Crippen molar-refractivity contribution in [2.45, 2.75) is 20.8 Å². The predicted molar refractivity (Wildman–Crippen MR) is 95.1 cm³/mol. The number of rotatable bonds is 1. The molecule has 2 nitrogen and oxygen atoms in total. The first-order valence-electron chi connectivity index (χ1n) is 7.76. The maximum atomic E-state index is 4.60. The smallest absolute Gasteiger partial charge is 0.0945 e. The van der Waals surface area contributed by atoms with Gasteiger partial charge in [0.15, 0.2) is 0 Å². The summed E-state index contributed by atoms with van der Waals surface area (Å²) in [5.74, 6) is 0. The molecule has 2 aromatic carbocycles. The van der Waals surface area contributed by atoms with Crippen molar-refractivity contribution in [1.82, 2.24) is 9.97 Å². The lowest BCUT2D eigenvalue weighted by molar-refractivity contribution is 1.32. The van der Waals surface area contributed by atoms with E-state index >= 15 is 0 Å². The van der Waals surface area contributed by atoms with E-state index in [0.29, 0.717) is 0 Å². The molecule has 0 atom stereocenters. The molecular weight excluding hydrogens is 268 g/mol. The molecule has 2 aromatic heterocycles. The average Bonchev–Trinajstić information content (AvgIpc) is 2.96. The van der Waals surface area contributed by atoms with E-state index in [1.165, 1.54) is 21.9 Å². The second-order valence-corrected chi connectivity index (χ2v) is 5.07. The van der Waals surface area contributed by atoms with Gasteiger partial charge in [-0.2, -0.15) is 0 Å². The Morgan fingerprint density at radius 2 is 1.55 bits per heavy atom. The molecule has 0 aliphatic heterocycles. The molecule has 2 heterocycles. The summed E-state index contributed by atoms with van der Waals surface area (Å²) in [6.45, 7) is 6.12. The molecule has 0 unspecified atom stereocenters. The van der Waals surface area contributed by atoms with Gasteiger partial charge in [0.1, 0.15) is 0 Å². The zero-order valence-electron chi connectivity index (χ0n) is 13.2. The lowest BCUT2D eigenvalue weighted by atomic mass is 10.0. The highest BCUT2D eigenvalue weighted by atomic mass is 14.8. The standard InChI is InChI=1S/C18H14N2.C2H6/c1-12-6-2-3-7-13(12)17-18-15(10-11-19-17)14-8-4-5-9-16(14)20-18;1-2/h2-11,20H,1H3;1-2H3. The Bertz CT molecular complexity index is 919. The number of para-hydroxylation sites is 1. The molecule has 0 aliphatic carbocycles. The summed E-state index contributed by atoms with van der Waals surface area (Å²) in [7, 11) is 0. The van der Waals surface area contributed by atoms with Crippen LogP contribution in [0.1, 0.15) is 19.4 Å². The quantitative estimate of drug-likeness (QED) is 0.477. The largest absolute Gasteiger partial charge is 0.353 e. The van der Waals surface area contributed by atoms with Gasteiger partial charge in [0.25, 0.3) is 0 Å². The topological polar surface area (TPSA) is 28.7 Å². The van der Waals surface area contributed by atoms with Crippen LogP contribution in [0.15, 0.2) is 60.8 Å². The van der Waals surface area contributed by atoms with E-state index in [9.17, 15) is 0 Å². The van der Waals surface area contributed by atoms with Crippen LogP contribution in [0.2, 0.25) is 0 Å². The van der Waals surface area contributed by atoms with Crippen LogP contribution in [0.5, 0.6) is 0 Å². The average molecular weight is 288 g/mol. The molecule has 1 N–H and O–H groups in total. The van der Waals surface area contributed by atoms with E-state index in [4.69, 9.17) is 0 Å². The van der Waals surface area contributed by atoms with E-state index in [0.717, 1.165) is 16.7 Å². The number of nitrogens with zero attached hydrogens (tertiary/aromatic N) is 1. The van der Waals surface area contributed by atoms with Gasteiger partial charge in [-0.05, 0) is 24.6 Å². The summed E-state index contributed by atoms with van der Waals surface area (Å²) >= 11 is 0. The summed E-state index contributed by atoms with van der Waals surface area (Å²) in [5, 5.41) is 2.48. The molecule has 0 fully saturated rings. The molecule has 2 heteroatoms. The fraction of sp³-hybridized carbons (Fsp3) is 0.150. The molecule has 110 valence electrons. The van der Waals surface area contributed by atoms with Crippen molar-refractivity contribution in [2.24, 2.45) is 0 Å². The number of aromatic nitrogens is 2. The molecule has 0 bridgehead atoms. The Morgan fingerprint density at radius 1 is 0.818 bits per heavy atom. The first kappa shape index (κ1) is 14.3. The van der Waals surface area contributed by atoms with Crippen LogP contribution in [0.25, 0.3) is 33.1 Å². The van der Waals surface area contributed by atoms with Gasteiger partial charge in [-0.25, -0.2) is 0 Å². The minimum atomic E-state index is 1.02. The zero-order chi connectivity index (χ0) is 15.5. The molecule has 4 aromatic rings. The number of nitrogens with one attached hydrogen (secondary N) is 1. The number of fused-ring (bicyclic) bond motifs is 3. The molecular formula is C20H20N2. The first-order chi connectivity index (χ1) is 10.8. The number of benzene rings is 2. The van der Waals surface area contributed by atoms with Crippen LogP contribution in [0.3, 0.4) is 0 Å². The zero-order valence-corrected chi connectivity index (χ0v) is 13.2. The molecule has 0 radical (unpaired) electrons. The van der Waals surface area contributed by atoms with Crippen LogP contribution >= 0.6 is 0 Å². The molecule has 0 spiro atoms. The summed E-state index contributed by atoms with van der Waals surface area (Å²) in [6, 6.07) is 18.8. The van der Waals surface area contributed by atoms with E-state index in [2.05, 4.69) is 71.5 Å². The second-order valence-electron chi connectivity index (χ2n) is 5.07. The Labute approximate surface area is 130 Å². The monoisotopic (exact) mass is 288 g/mol. The molecule has 0 saturated carbocycles. The number of hydrogen-bond donors (Lipinski definition) is 1. The van der Waals surface area contributed by atoms with Gasteiger partial charge in [-0.3, -0.25) is 4.98 Å². The minimum absolute atomic E-state index is 1.02. The Hall–Kier alpha value is -2.61. The van der Waals surface area contributed by atoms with Crippen LogP contribution in [-0.2, 0) is 0 Å². The van der Waals surface area contributed by atoms with Crippen LogP contribution in [0, 0.1) is 6.92 Å². The van der Waals surface area contributed by atoms with Crippen molar-refractivity contribution in [1.29, 1.82) is 0 Å². The van der Waals surface area contributed by atoms with Crippen LogP contribution < -0.4 is 0 Å². The van der Waals surface area contributed by atoms with Crippen LogP contribution in [-0.4, -0.2) is 9.97 Å². The van der Waals surface area contributed by atoms with E-state index in [1.54, 1.807) is 0 Å². The van der Waals surface area contributed by atoms with Gasteiger partial charge < -0.3 is 4.98 Å². The predicted octanol–water partition coefficient (Wildman–Crippen LogP) is 5.72. The maximum absolute atomic E-state index is 4.60. The van der Waals surface area contributed by atoms with Crippen molar-refractivity contribution in [3.8, 4) is 11.3 Å². The number of pyridine rings is 1. The minimum Gasteiger partial charge on any atom is -0.353 e. The normalized spacial score (nSPS) is 10.5. The number of H-pyrrole nitrogens is 1. The van der Waals surface area contributed by atoms with E-state index < -0.39 is 0 Å². The van der Waals surface area contributed by atoms with Crippen molar-refractivity contribution in [3.63, 3.8) is 0 Å². The summed E-state index contributed by atoms with van der Waals surface area (Å²) in [4.78, 5) is 8.11. The van der Waals surface area contributed by atoms with E-state index in [1.807, 2.05) is 20.0 Å². The second kappa shape index (κ2) is 6.02. The van der Waals surface area contributed by atoms with Gasteiger partial charge in [-0.15, -0.1) is 0 Å². The fourth-order valence-electron chi connectivity index (χ4n) is 2.82. The number of aryl methyl sites for hydroxylation is 1. The highest BCUT2D eigenvalue weighted by Crippen LogP contribution is 2.32. The molecule has 4 rings (SSSR count). The Balaban J connectivity index is 0.000000693. The Morgan fingerprint density at radius 3 is 2.36 bits per heavy atom. The fourth-order valence-corrected chi connectivity index (χ4v) is 2.82. The lowest BCUT2D eigenvalue weighted by Gasteiger charge is -2.05. The highest BCUT2D eigenvalue weighted by Gasteiger charge is 2.11. The highest BCUT2D eigenvalue weighted by molar-refractivity contribution is 6.11. The lowest BCUT2D eigenvalue weighted by Crippen LogP contribution is -1.88. The molecule has 22 heavy (non-hydrogen) atoms. The molecule has 0 amide bonds. The van der Waals surface area contributed by atoms with Gasteiger partial charge in [0, 0.05) is 28.0 Å².